The van der Waals surface area contributed by atoms with Crippen LogP contribution in [-0.4, -0.2) is 40.6 Å². The van der Waals surface area contributed by atoms with E-state index in [1.165, 1.54) is 0 Å². The number of anilines is 1. The van der Waals surface area contributed by atoms with Gasteiger partial charge in [0, 0.05) is 5.69 Å². The quantitative estimate of drug-likeness (QED) is 0.912. The summed E-state index contributed by atoms with van der Waals surface area (Å²) in [7, 11) is -3.07. The molecule has 1 aliphatic heterocycles. The molecule has 1 aliphatic rings. The fourth-order valence-corrected chi connectivity index (χ4v) is 4.43. The van der Waals surface area contributed by atoms with Gasteiger partial charge in [0.2, 0.25) is 5.91 Å². The molecule has 1 amide bonds. The van der Waals surface area contributed by atoms with E-state index in [0.29, 0.717) is 17.9 Å². The van der Waals surface area contributed by atoms with Crippen LogP contribution in [0.1, 0.15) is 17.8 Å². The van der Waals surface area contributed by atoms with Crippen molar-refractivity contribution in [2.24, 2.45) is 5.92 Å². The lowest BCUT2D eigenvalue weighted by atomic mass is 10.1. The van der Waals surface area contributed by atoms with E-state index in [0.717, 1.165) is 11.4 Å². The second-order valence-corrected chi connectivity index (χ2v) is 8.06. The SMILES string of the molecule is Cc1cc(C)n(-c2ccc(NC(=O)C3CCS(=O)(=O)C3)cn2)n1. The highest BCUT2D eigenvalue weighted by atomic mass is 32.2. The minimum absolute atomic E-state index is 0.0733. The zero-order valence-corrected chi connectivity index (χ0v) is 13.8. The Morgan fingerprint density at radius 2 is 2.13 bits per heavy atom. The Labute approximate surface area is 134 Å². The van der Waals surface area contributed by atoms with Crippen molar-refractivity contribution in [2.45, 2.75) is 20.3 Å². The van der Waals surface area contributed by atoms with Gasteiger partial charge in [0.05, 0.1) is 35.0 Å². The Morgan fingerprint density at radius 3 is 2.65 bits per heavy atom. The molecule has 1 N–H and O–H groups in total. The van der Waals surface area contributed by atoms with Crippen molar-refractivity contribution in [3.63, 3.8) is 0 Å². The molecule has 0 aromatic carbocycles. The van der Waals surface area contributed by atoms with Crippen molar-refractivity contribution in [1.82, 2.24) is 14.8 Å². The smallest absolute Gasteiger partial charge is 0.228 e. The van der Waals surface area contributed by atoms with Gasteiger partial charge < -0.3 is 5.32 Å². The number of aryl methyl sites for hydroxylation is 2. The highest BCUT2D eigenvalue weighted by Crippen LogP contribution is 2.20. The molecule has 122 valence electrons. The molecule has 1 saturated heterocycles. The highest BCUT2D eigenvalue weighted by molar-refractivity contribution is 7.91. The number of amides is 1. The molecule has 1 atom stereocenters. The number of hydrogen-bond acceptors (Lipinski definition) is 5. The topological polar surface area (TPSA) is 94.0 Å². The second-order valence-electron chi connectivity index (χ2n) is 5.83. The molecule has 7 nitrogen and oxygen atoms in total. The summed E-state index contributed by atoms with van der Waals surface area (Å²) in [6, 6.07) is 5.46. The summed E-state index contributed by atoms with van der Waals surface area (Å²) in [5, 5.41) is 7.07. The third kappa shape index (κ3) is 3.42. The van der Waals surface area contributed by atoms with Crippen molar-refractivity contribution in [3.8, 4) is 5.82 Å². The first-order valence-corrected chi connectivity index (χ1v) is 9.17. The lowest BCUT2D eigenvalue weighted by Crippen LogP contribution is -2.23. The lowest BCUT2D eigenvalue weighted by Gasteiger charge is -2.10. The Hall–Kier alpha value is -2.22. The van der Waals surface area contributed by atoms with Gasteiger partial charge in [-0.05, 0) is 38.5 Å². The Kier molecular flexibility index (Phi) is 3.93. The maximum atomic E-state index is 12.1. The molecule has 0 spiro atoms. The average molecular weight is 334 g/mol. The van der Waals surface area contributed by atoms with Crippen LogP contribution in [0, 0.1) is 19.8 Å². The summed E-state index contributed by atoms with van der Waals surface area (Å²) in [6.07, 6.45) is 1.93. The van der Waals surface area contributed by atoms with Crippen LogP contribution in [-0.2, 0) is 14.6 Å². The number of carbonyl (C=O) groups excluding carboxylic acids is 1. The van der Waals surface area contributed by atoms with Crippen LogP contribution in [0.25, 0.3) is 5.82 Å². The number of nitrogens with one attached hydrogen (secondary N) is 1. The first-order valence-electron chi connectivity index (χ1n) is 7.35. The van der Waals surface area contributed by atoms with Crippen molar-refractivity contribution < 1.29 is 13.2 Å². The lowest BCUT2D eigenvalue weighted by molar-refractivity contribution is -0.119. The molecular weight excluding hydrogens is 316 g/mol. The van der Waals surface area contributed by atoms with Gasteiger partial charge >= 0.3 is 0 Å². The van der Waals surface area contributed by atoms with Crippen molar-refractivity contribution in [2.75, 3.05) is 16.8 Å². The standard InChI is InChI=1S/C15H18N4O3S/c1-10-7-11(2)19(18-10)14-4-3-13(8-16-14)17-15(20)12-5-6-23(21,22)9-12/h3-4,7-8,12H,5-6,9H2,1-2H3,(H,17,20). The van der Waals surface area contributed by atoms with Crippen LogP contribution in [0.2, 0.25) is 0 Å². The van der Waals surface area contributed by atoms with Crippen LogP contribution < -0.4 is 5.32 Å². The zero-order chi connectivity index (χ0) is 16.6. The summed E-state index contributed by atoms with van der Waals surface area (Å²) >= 11 is 0. The Bertz CT molecular complexity index is 840. The molecule has 8 heteroatoms. The van der Waals surface area contributed by atoms with E-state index in [2.05, 4.69) is 15.4 Å². The second kappa shape index (κ2) is 5.77. The van der Waals surface area contributed by atoms with E-state index in [1.807, 2.05) is 19.9 Å². The zero-order valence-electron chi connectivity index (χ0n) is 13.0. The van der Waals surface area contributed by atoms with Crippen LogP contribution >= 0.6 is 0 Å². The number of carbonyl (C=O) groups is 1. The molecule has 0 aliphatic carbocycles. The summed E-state index contributed by atoms with van der Waals surface area (Å²) in [5.41, 5.74) is 2.43. The van der Waals surface area contributed by atoms with E-state index in [-0.39, 0.29) is 17.4 Å². The van der Waals surface area contributed by atoms with Crippen molar-refractivity contribution in [1.29, 1.82) is 0 Å². The predicted molar refractivity (Wildman–Crippen MR) is 86.2 cm³/mol. The number of sulfone groups is 1. The monoisotopic (exact) mass is 334 g/mol. The molecule has 0 bridgehead atoms. The molecule has 1 unspecified atom stereocenters. The molecule has 1 fully saturated rings. The maximum Gasteiger partial charge on any atom is 0.228 e. The number of rotatable bonds is 3. The van der Waals surface area contributed by atoms with Gasteiger partial charge in [0.15, 0.2) is 15.7 Å². The first-order chi connectivity index (χ1) is 10.8. The molecule has 3 rings (SSSR count). The van der Waals surface area contributed by atoms with Crippen LogP contribution in [0.15, 0.2) is 24.4 Å². The Morgan fingerprint density at radius 1 is 1.35 bits per heavy atom. The molecule has 3 heterocycles. The molecule has 2 aromatic heterocycles. The molecule has 2 aromatic rings. The Balaban J connectivity index is 1.71. The van der Waals surface area contributed by atoms with Gasteiger partial charge in [-0.25, -0.2) is 18.1 Å². The molecular formula is C15H18N4O3S. The van der Waals surface area contributed by atoms with Crippen LogP contribution in [0.5, 0.6) is 0 Å². The number of aromatic nitrogens is 3. The third-order valence-corrected chi connectivity index (χ3v) is 5.61. The summed E-state index contributed by atoms with van der Waals surface area (Å²) in [6.45, 7) is 3.85. The number of nitrogens with zero attached hydrogens (tertiary/aromatic N) is 3. The fourth-order valence-electron chi connectivity index (χ4n) is 2.69. The summed E-state index contributed by atoms with van der Waals surface area (Å²) in [5.74, 6) is -0.0736. The predicted octanol–water partition coefficient (Wildman–Crippen LogP) is 1.26. The molecule has 0 radical (unpaired) electrons. The van der Waals surface area contributed by atoms with Gasteiger partial charge in [-0.15, -0.1) is 0 Å². The minimum Gasteiger partial charge on any atom is -0.324 e. The highest BCUT2D eigenvalue weighted by Gasteiger charge is 2.32. The van der Waals surface area contributed by atoms with E-state index in [9.17, 15) is 13.2 Å². The average Bonchev–Trinajstić information content (AvgIpc) is 3.01. The number of pyridine rings is 1. The number of hydrogen-bond donors (Lipinski definition) is 1. The largest absolute Gasteiger partial charge is 0.324 e. The van der Waals surface area contributed by atoms with Crippen molar-refractivity contribution >= 4 is 21.4 Å². The van der Waals surface area contributed by atoms with Gasteiger partial charge in [-0.2, -0.15) is 5.10 Å². The van der Waals surface area contributed by atoms with Gasteiger partial charge in [0.25, 0.3) is 0 Å². The fraction of sp³-hybridized carbons (Fsp3) is 0.400. The van der Waals surface area contributed by atoms with Crippen molar-refractivity contribution in [3.05, 3.63) is 35.8 Å². The normalized spacial score (nSPS) is 19.7. The maximum absolute atomic E-state index is 12.1. The van der Waals surface area contributed by atoms with Gasteiger partial charge in [0.1, 0.15) is 0 Å². The van der Waals surface area contributed by atoms with Crippen LogP contribution in [0.3, 0.4) is 0 Å². The van der Waals surface area contributed by atoms with Gasteiger partial charge in [-0.1, -0.05) is 0 Å². The van der Waals surface area contributed by atoms with Crippen LogP contribution in [0.4, 0.5) is 5.69 Å². The van der Waals surface area contributed by atoms with E-state index >= 15 is 0 Å². The van der Waals surface area contributed by atoms with Gasteiger partial charge in [-0.3, -0.25) is 4.79 Å². The third-order valence-electron chi connectivity index (χ3n) is 3.85. The molecule has 23 heavy (non-hydrogen) atoms. The van der Waals surface area contributed by atoms with E-state index in [4.69, 9.17) is 0 Å². The first kappa shape index (κ1) is 15.7. The van der Waals surface area contributed by atoms with E-state index < -0.39 is 15.8 Å². The van der Waals surface area contributed by atoms with E-state index in [1.54, 1.807) is 23.0 Å². The summed E-state index contributed by atoms with van der Waals surface area (Å²) in [4.78, 5) is 16.4. The minimum atomic E-state index is -3.07. The molecule has 0 saturated carbocycles. The summed E-state index contributed by atoms with van der Waals surface area (Å²) < 4.78 is 24.6.